The molecule has 150 valence electrons. The Morgan fingerprint density at radius 1 is 1.29 bits per heavy atom. The molecule has 28 heavy (non-hydrogen) atoms. The van der Waals surface area contributed by atoms with Gasteiger partial charge in [-0.1, -0.05) is 0 Å². The Morgan fingerprint density at radius 3 is 2.82 bits per heavy atom. The SMILES string of the molecule is CCOc1ccc(-c2nc(CC(=O)N3CCCC(C4OCCO4)C3)cs2)cc1. The van der Waals surface area contributed by atoms with Crippen molar-refractivity contribution in [3.8, 4) is 16.3 Å². The fourth-order valence-corrected chi connectivity index (χ4v) is 4.58. The topological polar surface area (TPSA) is 60.9 Å². The van der Waals surface area contributed by atoms with Crippen molar-refractivity contribution in [3.63, 3.8) is 0 Å². The summed E-state index contributed by atoms with van der Waals surface area (Å²) in [6, 6.07) is 7.91. The first-order valence-electron chi connectivity index (χ1n) is 9.91. The maximum Gasteiger partial charge on any atom is 0.228 e. The van der Waals surface area contributed by atoms with Gasteiger partial charge in [-0.25, -0.2) is 4.98 Å². The molecule has 6 nitrogen and oxygen atoms in total. The summed E-state index contributed by atoms with van der Waals surface area (Å²) < 4.78 is 16.8. The van der Waals surface area contributed by atoms with E-state index in [0.29, 0.717) is 32.8 Å². The van der Waals surface area contributed by atoms with Crippen molar-refractivity contribution in [1.82, 2.24) is 9.88 Å². The molecule has 1 aromatic carbocycles. The van der Waals surface area contributed by atoms with Crippen LogP contribution in [-0.2, 0) is 20.7 Å². The molecule has 2 fully saturated rings. The van der Waals surface area contributed by atoms with Gasteiger partial charge in [0.2, 0.25) is 5.91 Å². The van der Waals surface area contributed by atoms with E-state index in [-0.39, 0.29) is 18.1 Å². The zero-order chi connectivity index (χ0) is 19.3. The molecule has 1 atom stereocenters. The van der Waals surface area contributed by atoms with Gasteiger partial charge in [-0.15, -0.1) is 11.3 Å². The minimum atomic E-state index is -0.152. The summed E-state index contributed by atoms with van der Waals surface area (Å²) in [4.78, 5) is 19.4. The third kappa shape index (κ3) is 4.54. The summed E-state index contributed by atoms with van der Waals surface area (Å²) in [6.45, 7) is 5.44. The van der Waals surface area contributed by atoms with Crippen molar-refractivity contribution in [1.29, 1.82) is 0 Å². The monoisotopic (exact) mass is 402 g/mol. The van der Waals surface area contributed by atoms with E-state index >= 15 is 0 Å². The third-order valence-electron chi connectivity index (χ3n) is 5.14. The Kier molecular flexibility index (Phi) is 6.24. The van der Waals surface area contributed by atoms with Gasteiger partial charge in [-0.05, 0) is 44.0 Å². The molecule has 0 aliphatic carbocycles. The number of ether oxygens (including phenoxy) is 3. The number of rotatable bonds is 6. The molecule has 2 saturated heterocycles. The zero-order valence-electron chi connectivity index (χ0n) is 16.1. The number of aromatic nitrogens is 1. The van der Waals surface area contributed by atoms with Gasteiger partial charge in [0.25, 0.3) is 0 Å². The lowest BCUT2D eigenvalue weighted by Crippen LogP contribution is -2.44. The van der Waals surface area contributed by atoms with Crippen LogP contribution in [0.5, 0.6) is 5.75 Å². The quantitative estimate of drug-likeness (QED) is 0.741. The minimum Gasteiger partial charge on any atom is -0.494 e. The molecule has 0 saturated carbocycles. The number of amides is 1. The van der Waals surface area contributed by atoms with E-state index in [1.807, 2.05) is 41.5 Å². The van der Waals surface area contributed by atoms with Crippen LogP contribution in [0.4, 0.5) is 0 Å². The Bertz CT molecular complexity index is 786. The van der Waals surface area contributed by atoms with Crippen LogP contribution in [-0.4, -0.2) is 55.0 Å². The average Bonchev–Trinajstić information content (AvgIpc) is 3.41. The van der Waals surface area contributed by atoms with E-state index in [9.17, 15) is 4.79 Å². The molecule has 7 heteroatoms. The van der Waals surface area contributed by atoms with Crippen molar-refractivity contribution in [2.24, 2.45) is 5.92 Å². The maximum absolute atomic E-state index is 12.8. The molecule has 0 radical (unpaired) electrons. The maximum atomic E-state index is 12.8. The first-order chi connectivity index (χ1) is 13.7. The molecule has 4 rings (SSSR count). The molecule has 2 aliphatic heterocycles. The molecular formula is C21H26N2O4S. The van der Waals surface area contributed by atoms with Crippen LogP contribution in [0.15, 0.2) is 29.6 Å². The van der Waals surface area contributed by atoms with E-state index < -0.39 is 0 Å². The van der Waals surface area contributed by atoms with Gasteiger partial charge < -0.3 is 19.1 Å². The van der Waals surface area contributed by atoms with Crippen molar-refractivity contribution in [2.75, 3.05) is 32.9 Å². The fourth-order valence-electron chi connectivity index (χ4n) is 3.76. The molecule has 1 amide bonds. The predicted octanol–water partition coefficient (Wildman–Crippen LogP) is 3.36. The number of thiazole rings is 1. The molecule has 3 heterocycles. The molecule has 0 bridgehead atoms. The number of likely N-dealkylation sites (tertiary alicyclic amines) is 1. The Hall–Kier alpha value is -1.96. The highest BCUT2D eigenvalue weighted by Crippen LogP contribution is 2.28. The second kappa shape index (κ2) is 9.03. The van der Waals surface area contributed by atoms with Crippen LogP contribution >= 0.6 is 11.3 Å². The molecule has 1 unspecified atom stereocenters. The van der Waals surface area contributed by atoms with Crippen molar-refractivity contribution in [2.45, 2.75) is 32.5 Å². The average molecular weight is 403 g/mol. The van der Waals surface area contributed by atoms with E-state index in [1.165, 1.54) is 0 Å². The zero-order valence-corrected chi connectivity index (χ0v) is 17.0. The van der Waals surface area contributed by atoms with Crippen LogP contribution in [0.3, 0.4) is 0 Å². The summed E-state index contributed by atoms with van der Waals surface area (Å²) >= 11 is 1.57. The number of benzene rings is 1. The van der Waals surface area contributed by atoms with E-state index in [0.717, 1.165) is 41.4 Å². The standard InChI is InChI=1S/C21H26N2O4S/c1-2-25-18-7-5-15(6-8-18)20-22-17(14-28-20)12-19(24)23-9-3-4-16(13-23)21-26-10-11-27-21/h5-8,14,16,21H,2-4,9-13H2,1H3. The van der Waals surface area contributed by atoms with Crippen LogP contribution in [0.2, 0.25) is 0 Å². The van der Waals surface area contributed by atoms with Crippen LogP contribution in [0.25, 0.3) is 10.6 Å². The summed E-state index contributed by atoms with van der Waals surface area (Å²) in [5, 5.41) is 2.91. The highest BCUT2D eigenvalue weighted by Gasteiger charge is 2.32. The van der Waals surface area contributed by atoms with E-state index in [1.54, 1.807) is 11.3 Å². The van der Waals surface area contributed by atoms with Crippen molar-refractivity contribution in [3.05, 3.63) is 35.3 Å². The second-order valence-corrected chi connectivity index (χ2v) is 7.99. The first kappa shape index (κ1) is 19.4. The predicted molar refractivity (Wildman–Crippen MR) is 107 cm³/mol. The lowest BCUT2D eigenvalue weighted by molar-refractivity contribution is -0.138. The van der Waals surface area contributed by atoms with Gasteiger partial charge in [-0.3, -0.25) is 4.79 Å². The largest absolute Gasteiger partial charge is 0.494 e. The minimum absolute atomic E-state index is 0.131. The summed E-state index contributed by atoms with van der Waals surface area (Å²) in [7, 11) is 0. The lowest BCUT2D eigenvalue weighted by Gasteiger charge is -2.34. The van der Waals surface area contributed by atoms with Crippen LogP contribution in [0.1, 0.15) is 25.5 Å². The number of hydrogen-bond acceptors (Lipinski definition) is 6. The third-order valence-corrected chi connectivity index (χ3v) is 6.08. The highest BCUT2D eigenvalue weighted by atomic mass is 32.1. The number of carbonyl (C=O) groups excluding carboxylic acids is 1. The molecule has 1 aromatic heterocycles. The Morgan fingerprint density at radius 2 is 2.07 bits per heavy atom. The van der Waals surface area contributed by atoms with Crippen LogP contribution < -0.4 is 4.74 Å². The molecule has 2 aliphatic rings. The number of carbonyl (C=O) groups is 1. The van der Waals surface area contributed by atoms with E-state index in [2.05, 4.69) is 4.98 Å². The molecule has 0 spiro atoms. The number of piperidine rings is 1. The molecular weight excluding hydrogens is 376 g/mol. The van der Waals surface area contributed by atoms with E-state index in [4.69, 9.17) is 14.2 Å². The van der Waals surface area contributed by atoms with Gasteiger partial charge in [0, 0.05) is 30.0 Å². The summed E-state index contributed by atoms with van der Waals surface area (Å²) in [5.74, 6) is 1.26. The smallest absolute Gasteiger partial charge is 0.228 e. The first-order valence-corrected chi connectivity index (χ1v) is 10.8. The second-order valence-electron chi connectivity index (χ2n) is 7.13. The Balaban J connectivity index is 1.35. The number of nitrogens with zero attached hydrogens (tertiary/aromatic N) is 2. The normalized spacial score (nSPS) is 20.5. The van der Waals surface area contributed by atoms with Gasteiger partial charge >= 0.3 is 0 Å². The number of hydrogen-bond donors (Lipinski definition) is 0. The summed E-state index contributed by atoms with van der Waals surface area (Å²) in [6.07, 6.45) is 2.23. The summed E-state index contributed by atoms with van der Waals surface area (Å²) in [5.41, 5.74) is 1.87. The fraction of sp³-hybridized carbons (Fsp3) is 0.524. The van der Waals surface area contributed by atoms with Gasteiger partial charge in [-0.2, -0.15) is 0 Å². The van der Waals surface area contributed by atoms with Gasteiger partial charge in [0.05, 0.1) is 31.9 Å². The van der Waals surface area contributed by atoms with Crippen molar-refractivity contribution < 1.29 is 19.0 Å². The molecule has 0 N–H and O–H groups in total. The van der Waals surface area contributed by atoms with Gasteiger partial charge in [0.15, 0.2) is 6.29 Å². The van der Waals surface area contributed by atoms with Crippen LogP contribution in [0, 0.1) is 5.92 Å². The lowest BCUT2D eigenvalue weighted by atomic mass is 9.97. The highest BCUT2D eigenvalue weighted by molar-refractivity contribution is 7.13. The van der Waals surface area contributed by atoms with Gasteiger partial charge in [0.1, 0.15) is 10.8 Å². The van der Waals surface area contributed by atoms with Crippen molar-refractivity contribution >= 4 is 17.2 Å². The molecule has 2 aromatic rings. The Labute approximate surface area is 169 Å².